The Hall–Kier alpha value is -2.11. The normalized spacial score (nSPS) is 13.2. The molecule has 2 heterocycles. The van der Waals surface area contributed by atoms with E-state index in [2.05, 4.69) is 10.1 Å². The number of rotatable bonds is 3. The standard InChI is InChI=1S/C14H18N2O4/c1-8-6-7-18-10(8)12(17)19-9(2)11-15-13(16-20-11)14(3,4)5/h6-7,9H,1-5H3. The molecule has 0 aliphatic rings. The van der Waals surface area contributed by atoms with E-state index in [0.717, 1.165) is 5.56 Å². The van der Waals surface area contributed by atoms with Crippen molar-refractivity contribution in [3.8, 4) is 0 Å². The van der Waals surface area contributed by atoms with Crippen molar-refractivity contribution in [3.05, 3.63) is 35.4 Å². The molecule has 0 saturated carbocycles. The summed E-state index contributed by atoms with van der Waals surface area (Å²) in [6.07, 6.45) is 0.816. The highest BCUT2D eigenvalue weighted by Crippen LogP contribution is 2.23. The summed E-state index contributed by atoms with van der Waals surface area (Å²) in [5.41, 5.74) is 0.506. The van der Waals surface area contributed by atoms with Gasteiger partial charge in [-0.25, -0.2) is 4.79 Å². The zero-order valence-electron chi connectivity index (χ0n) is 12.3. The van der Waals surface area contributed by atoms with Crippen LogP contribution in [0.15, 0.2) is 21.3 Å². The number of nitrogens with zero attached hydrogens (tertiary/aromatic N) is 2. The van der Waals surface area contributed by atoms with Crippen molar-refractivity contribution in [1.82, 2.24) is 10.1 Å². The van der Waals surface area contributed by atoms with Gasteiger partial charge in [0, 0.05) is 11.0 Å². The second-order valence-corrected chi connectivity index (χ2v) is 5.69. The Morgan fingerprint density at radius 1 is 1.40 bits per heavy atom. The molecule has 6 heteroatoms. The molecule has 108 valence electrons. The molecule has 1 unspecified atom stereocenters. The summed E-state index contributed by atoms with van der Waals surface area (Å²) in [7, 11) is 0. The molecule has 0 aromatic carbocycles. The molecular weight excluding hydrogens is 260 g/mol. The Labute approximate surface area is 117 Å². The second-order valence-electron chi connectivity index (χ2n) is 5.69. The number of aromatic nitrogens is 2. The van der Waals surface area contributed by atoms with E-state index in [-0.39, 0.29) is 17.1 Å². The summed E-state index contributed by atoms with van der Waals surface area (Å²) in [5, 5.41) is 3.90. The molecule has 0 bridgehead atoms. The first-order valence-corrected chi connectivity index (χ1v) is 6.38. The topological polar surface area (TPSA) is 78.4 Å². The van der Waals surface area contributed by atoms with Crippen molar-refractivity contribution in [3.63, 3.8) is 0 Å². The summed E-state index contributed by atoms with van der Waals surface area (Å²) in [6.45, 7) is 9.38. The third-order valence-electron chi connectivity index (χ3n) is 2.79. The van der Waals surface area contributed by atoms with Gasteiger partial charge in [-0.05, 0) is 19.9 Å². The molecule has 0 N–H and O–H groups in total. The third-order valence-corrected chi connectivity index (χ3v) is 2.79. The van der Waals surface area contributed by atoms with Gasteiger partial charge in [-0.15, -0.1) is 0 Å². The molecule has 2 aromatic rings. The predicted molar refractivity (Wildman–Crippen MR) is 70.3 cm³/mol. The minimum Gasteiger partial charge on any atom is -0.457 e. The summed E-state index contributed by atoms with van der Waals surface area (Å²) in [4.78, 5) is 16.2. The van der Waals surface area contributed by atoms with Gasteiger partial charge < -0.3 is 13.7 Å². The Bertz CT molecular complexity index is 607. The molecular formula is C14H18N2O4. The van der Waals surface area contributed by atoms with Gasteiger partial charge >= 0.3 is 5.97 Å². The second kappa shape index (κ2) is 5.11. The minimum atomic E-state index is -0.629. The van der Waals surface area contributed by atoms with Crippen molar-refractivity contribution >= 4 is 5.97 Å². The maximum atomic E-state index is 11.9. The van der Waals surface area contributed by atoms with Gasteiger partial charge in [0.15, 0.2) is 11.9 Å². The Balaban J connectivity index is 2.09. The summed E-state index contributed by atoms with van der Waals surface area (Å²) >= 11 is 0. The number of furan rings is 1. The van der Waals surface area contributed by atoms with E-state index in [1.807, 2.05) is 20.8 Å². The number of ether oxygens (including phenoxy) is 1. The van der Waals surface area contributed by atoms with E-state index in [4.69, 9.17) is 13.7 Å². The van der Waals surface area contributed by atoms with Crippen LogP contribution in [0.1, 0.15) is 61.6 Å². The van der Waals surface area contributed by atoms with Crippen LogP contribution in [0.5, 0.6) is 0 Å². The molecule has 6 nitrogen and oxygen atoms in total. The van der Waals surface area contributed by atoms with Crippen LogP contribution in [0, 0.1) is 6.92 Å². The molecule has 2 aromatic heterocycles. The molecule has 0 spiro atoms. The molecule has 0 saturated heterocycles. The minimum absolute atomic E-state index is 0.187. The van der Waals surface area contributed by atoms with Crippen LogP contribution in [0.3, 0.4) is 0 Å². The Morgan fingerprint density at radius 2 is 2.10 bits per heavy atom. The predicted octanol–water partition coefficient (Wildman–Crippen LogP) is 3.19. The van der Waals surface area contributed by atoms with E-state index < -0.39 is 12.1 Å². The Kier molecular flexibility index (Phi) is 3.65. The number of carbonyl (C=O) groups excluding carboxylic acids is 1. The molecule has 0 fully saturated rings. The molecule has 0 aliphatic carbocycles. The number of hydrogen-bond donors (Lipinski definition) is 0. The largest absolute Gasteiger partial charge is 0.457 e. The van der Waals surface area contributed by atoms with Crippen molar-refractivity contribution < 1.29 is 18.5 Å². The maximum Gasteiger partial charge on any atom is 0.375 e. The highest BCUT2D eigenvalue weighted by molar-refractivity contribution is 5.87. The van der Waals surface area contributed by atoms with Crippen LogP contribution in [-0.2, 0) is 10.2 Å². The van der Waals surface area contributed by atoms with E-state index in [1.165, 1.54) is 6.26 Å². The van der Waals surface area contributed by atoms with Crippen molar-refractivity contribution in [2.75, 3.05) is 0 Å². The zero-order valence-corrected chi connectivity index (χ0v) is 12.3. The van der Waals surface area contributed by atoms with Gasteiger partial charge in [0.05, 0.1) is 6.26 Å². The van der Waals surface area contributed by atoms with Crippen LogP contribution in [0.4, 0.5) is 0 Å². The molecule has 1 atom stereocenters. The van der Waals surface area contributed by atoms with Crippen LogP contribution < -0.4 is 0 Å². The van der Waals surface area contributed by atoms with Crippen molar-refractivity contribution in [2.45, 2.75) is 46.1 Å². The first-order chi connectivity index (χ1) is 9.29. The average molecular weight is 278 g/mol. The fraction of sp³-hybridized carbons (Fsp3) is 0.500. The van der Waals surface area contributed by atoms with Gasteiger partial charge in [-0.1, -0.05) is 25.9 Å². The third kappa shape index (κ3) is 2.89. The lowest BCUT2D eigenvalue weighted by atomic mass is 9.96. The fourth-order valence-electron chi connectivity index (χ4n) is 1.55. The van der Waals surface area contributed by atoms with E-state index in [0.29, 0.717) is 5.82 Å². The van der Waals surface area contributed by atoms with Gasteiger partial charge in [0.25, 0.3) is 5.89 Å². The van der Waals surface area contributed by atoms with Crippen molar-refractivity contribution in [2.24, 2.45) is 0 Å². The molecule has 0 amide bonds. The maximum absolute atomic E-state index is 11.9. The van der Waals surface area contributed by atoms with Gasteiger partial charge in [-0.3, -0.25) is 0 Å². The number of aryl methyl sites for hydroxylation is 1. The van der Waals surface area contributed by atoms with Gasteiger partial charge in [0.1, 0.15) is 0 Å². The quantitative estimate of drug-likeness (QED) is 0.802. The summed E-state index contributed by atoms with van der Waals surface area (Å²) in [6, 6.07) is 1.70. The Morgan fingerprint density at radius 3 is 2.60 bits per heavy atom. The number of esters is 1. The van der Waals surface area contributed by atoms with Gasteiger partial charge in [-0.2, -0.15) is 4.98 Å². The molecule has 0 aliphatic heterocycles. The van der Waals surface area contributed by atoms with Crippen LogP contribution in [0.25, 0.3) is 0 Å². The monoisotopic (exact) mass is 278 g/mol. The van der Waals surface area contributed by atoms with Crippen LogP contribution in [0.2, 0.25) is 0 Å². The highest BCUT2D eigenvalue weighted by atomic mass is 16.6. The van der Waals surface area contributed by atoms with Crippen LogP contribution >= 0.6 is 0 Å². The SMILES string of the molecule is Cc1ccoc1C(=O)OC(C)c1nc(C(C)(C)C)no1. The average Bonchev–Trinajstić information content (AvgIpc) is 2.95. The lowest BCUT2D eigenvalue weighted by Gasteiger charge is -2.11. The van der Waals surface area contributed by atoms with E-state index in [9.17, 15) is 4.79 Å². The van der Waals surface area contributed by atoms with E-state index >= 15 is 0 Å². The smallest absolute Gasteiger partial charge is 0.375 e. The summed E-state index contributed by atoms with van der Waals surface area (Å²) in [5.74, 6) is 0.486. The summed E-state index contributed by atoms with van der Waals surface area (Å²) < 4.78 is 15.5. The van der Waals surface area contributed by atoms with Gasteiger partial charge in [0.2, 0.25) is 5.76 Å². The number of hydrogen-bond acceptors (Lipinski definition) is 6. The van der Waals surface area contributed by atoms with Crippen LogP contribution in [-0.4, -0.2) is 16.1 Å². The first kappa shape index (κ1) is 14.3. The fourth-order valence-corrected chi connectivity index (χ4v) is 1.55. The molecule has 20 heavy (non-hydrogen) atoms. The highest BCUT2D eigenvalue weighted by Gasteiger charge is 2.26. The molecule has 2 rings (SSSR count). The lowest BCUT2D eigenvalue weighted by molar-refractivity contribution is 0.0229. The first-order valence-electron chi connectivity index (χ1n) is 6.38. The zero-order chi connectivity index (χ0) is 14.9. The number of carbonyl (C=O) groups is 1. The van der Waals surface area contributed by atoms with Crippen molar-refractivity contribution in [1.29, 1.82) is 0 Å². The molecule has 0 radical (unpaired) electrons. The lowest BCUT2D eigenvalue weighted by Crippen LogP contribution is -2.14. The van der Waals surface area contributed by atoms with E-state index in [1.54, 1.807) is 19.9 Å².